The van der Waals surface area contributed by atoms with Crippen molar-refractivity contribution in [2.45, 2.75) is 19.4 Å². The number of amides is 1. The van der Waals surface area contributed by atoms with Crippen molar-refractivity contribution in [2.75, 3.05) is 18.4 Å². The normalized spacial score (nSPS) is 14.0. The Morgan fingerprint density at radius 3 is 2.67 bits per heavy atom. The summed E-state index contributed by atoms with van der Waals surface area (Å²) < 4.78 is 14.7. The molecule has 0 aliphatic carbocycles. The first-order valence-corrected chi connectivity index (χ1v) is 8.98. The van der Waals surface area contributed by atoms with Crippen LogP contribution < -0.4 is 5.32 Å². The summed E-state index contributed by atoms with van der Waals surface area (Å²) in [6.45, 7) is 1.83. The third-order valence-corrected chi connectivity index (χ3v) is 4.82. The number of anilines is 1. The maximum atomic E-state index is 14.0. The summed E-state index contributed by atoms with van der Waals surface area (Å²) in [5.74, 6) is -0.327. The van der Waals surface area contributed by atoms with E-state index in [0.717, 1.165) is 25.9 Å². The van der Waals surface area contributed by atoms with Crippen molar-refractivity contribution in [1.29, 1.82) is 0 Å². The minimum absolute atomic E-state index is 0.0335. The van der Waals surface area contributed by atoms with E-state index in [-0.39, 0.29) is 11.7 Å². The van der Waals surface area contributed by atoms with Crippen LogP contribution in [0.3, 0.4) is 0 Å². The molecule has 0 unspecified atom stereocenters. The van der Waals surface area contributed by atoms with E-state index in [1.807, 2.05) is 4.90 Å². The van der Waals surface area contributed by atoms with Crippen LogP contribution in [-0.2, 0) is 6.54 Å². The van der Waals surface area contributed by atoms with Crippen molar-refractivity contribution in [3.05, 3.63) is 62.8 Å². The van der Waals surface area contributed by atoms with Crippen molar-refractivity contribution < 1.29 is 9.18 Å². The lowest BCUT2D eigenvalue weighted by Gasteiger charge is -2.19. The van der Waals surface area contributed by atoms with Crippen molar-refractivity contribution >= 4 is 39.1 Å². The molecule has 1 aliphatic heterocycles. The van der Waals surface area contributed by atoms with Gasteiger partial charge in [-0.15, -0.1) is 0 Å². The van der Waals surface area contributed by atoms with Crippen LogP contribution in [0.1, 0.15) is 28.8 Å². The number of rotatable bonds is 4. The molecule has 0 aromatic heterocycles. The number of nitrogens with one attached hydrogen (secondary N) is 1. The highest BCUT2D eigenvalue weighted by Crippen LogP contribution is 2.25. The van der Waals surface area contributed by atoms with Gasteiger partial charge in [-0.1, -0.05) is 33.6 Å². The second-order valence-electron chi connectivity index (χ2n) is 5.78. The summed E-state index contributed by atoms with van der Waals surface area (Å²) in [5.41, 5.74) is 1.73. The SMILES string of the molecule is O=C(c1cc(Cl)ccc1NCc1ccc(Br)cc1F)N1CCCC1. The number of nitrogens with zero attached hydrogens (tertiary/aromatic N) is 1. The van der Waals surface area contributed by atoms with Gasteiger partial charge in [0.2, 0.25) is 0 Å². The predicted molar refractivity (Wildman–Crippen MR) is 98.0 cm³/mol. The number of likely N-dealkylation sites (tertiary alicyclic amines) is 1. The molecule has 0 saturated carbocycles. The van der Waals surface area contributed by atoms with Gasteiger partial charge in [0.25, 0.3) is 5.91 Å². The average molecular weight is 412 g/mol. The Bertz CT molecular complexity index is 763. The van der Waals surface area contributed by atoms with E-state index in [1.165, 1.54) is 6.07 Å². The largest absolute Gasteiger partial charge is 0.380 e. The zero-order valence-corrected chi connectivity index (χ0v) is 15.3. The molecule has 3 rings (SSSR count). The van der Waals surface area contributed by atoms with Gasteiger partial charge in [0.05, 0.1) is 5.56 Å². The number of halogens is 3. The first-order chi connectivity index (χ1) is 11.5. The van der Waals surface area contributed by atoms with Crippen LogP contribution in [0, 0.1) is 5.82 Å². The van der Waals surface area contributed by atoms with Crippen molar-refractivity contribution in [3.63, 3.8) is 0 Å². The van der Waals surface area contributed by atoms with Gasteiger partial charge in [-0.25, -0.2) is 4.39 Å². The maximum Gasteiger partial charge on any atom is 0.256 e. The minimum atomic E-state index is -0.293. The van der Waals surface area contributed by atoms with Crippen molar-refractivity contribution in [1.82, 2.24) is 4.90 Å². The second-order valence-corrected chi connectivity index (χ2v) is 7.13. The third-order valence-electron chi connectivity index (χ3n) is 4.09. The van der Waals surface area contributed by atoms with Crippen LogP contribution in [0.15, 0.2) is 40.9 Å². The number of carbonyl (C=O) groups excluding carboxylic acids is 1. The minimum Gasteiger partial charge on any atom is -0.380 e. The zero-order valence-electron chi connectivity index (χ0n) is 13.0. The smallest absolute Gasteiger partial charge is 0.256 e. The molecule has 1 heterocycles. The highest BCUT2D eigenvalue weighted by molar-refractivity contribution is 9.10. The molecule has 0 spiro atoms. The lowest BCUT2D eigenvalue weighted by atomic mass is 10.1. The Hall–Kier alpha value is -1.59. The molecule has 3 nitrogen and oxygen atoms in total. The molecule has 6 heteroatoms. The van der Waals surface area contributed by atoms with E-state index in [1.54, 1.807) is 30.3 Å². The maximum absolute atomic E-state index is 14.0. The van der Waals surface area contributed by atoms with Crippen LogP contribution in [0.2, 0.25) is 5.02 Å². The van der Waals surface area contributed by atoms with Crippen LogP contribution in [-0.4, -0.2) is 23.9 Å². The first kappa shape index (κ1) is 17.2. The molecule has 0 atom stereocenters. The third kappa shape index (κ3) is 3.90. The van der Waals surface area contributed by atoms with E-state index in [2.05, 4.69) is 21.2 Å². The van der Waals surface area contributed by atoms with Gasteiger partial charge in [0, 0.05) is 40.4 Å². The topological polar surface area (TPSA) is 32.3 Å². The molecule has 2 aromatic rings. The summed E-state index contributed by atoms with van der Waals surface area (Å²) in [6.07, 6.45) is 2.05. The van der Waals surface area contributed by atoms with E-state index in [9.17, 15) is 9.18 Å². The van der Waals surface area contributed by atoms with Crippen molar-refractivity contribution in [2.24, 2.45) is 0 Å². The molecule has 24 heavy (non-hydrogen) atoms. The summed E-state index contributed by atoms with van der Waals surface area (Å²) in [5, 5.41) is 3.67. The summed E-state index contributed by atoms with van der Waals surface area (Å²) in [6, 6.07) is 10.1. The lowest BCUT2D eigenvalue weighted by molar-refractivity contribution is 0.0793. The highest BCUT2D eigenvalue weighted by Gasteiger charge is 2.22. The van der Waals surface area contributed by atoms with Crippen LogP contribution in [0.5, 0.6) is 0 Å². The van der Waals surface area contributed by atoms with E-state index < -0.39 is 0 Å². The Balaban J connectivity index is 1.81. The lowest BCUT2D eigenvalue weighted by Crippen LogP contribution is -2.28. The number of hydrogen-bond donors (Lipinski definition) is 1. The average Bonchev–Trinajstić information content (AvgIpc) is 3.09. The zero-order chi connectivity index (χ0) is 17.1. The van der Waals surface area contributed by atoms with Crippen LogP contribution >= 0.6 is 27.5 Å². The Morgan fingerprint density at radius 1 is 1.21 bits per heavy atom. The Kier molecular flexibility index (Phi) is 5.41. The molecular formula is C18H17BrClFN2O. The molecule has 126 valence electrons. The quantitative estimate of drug-likeness (QED) is 0.760. The summed E-state index contributed by atoms with van der Waals surface area (Å²) in [4.78, 5) is 14.5. The summed E-state index contributed by atoms with van der Waals surface area (Å²) in [7, 11) is 0. The fourth-order valence-corrected chi connectivity index (χ4v) is 3.30. The van der Waals surface area contributed by atoms with Gasteiger partial charge in [-0.3, -0.25) is 4.79 Å². The monoisotopic (exact) mass is 410 g/mol. The molecule has 1 fully saturated rings. The number of carbonyl (C=O) groups is 1. The molecule has 1 saturated heterocycles. The summed E-state index contributed by atoms with van der Waals surface area (Å²) >= 11 is 9.31. The molecule has 0 radical (unpaired) electrons. The molecular weight excluding hydrogens is 395 g/mol. The van der Waals surface area contributed by atoms with Gasteiger partial charge in [0.1, 0.15) is 5.82 Å². The number of benzene rings is 2. The van der Waals surface area contributed by atoms with E-state index in [0.29, 0.717) is 32.9 Å². The standard InChI is InChI=1S/C18H17BrClFN2O/c19-13-4-3-12(16(21)9-13)11-22-17-6-5-14(20)10-15(17)18(24)23-7-1-2-8-23/h3-6,9-10,22H,1-2,7-8,11H2. The molecule has 1 aliphatic rings. The van der Waals surface area contributed by atoms with Gasteiger partial charge in [-0.2, -0.15) is 0 Å². The van der Waals surface area contributed by atoms with E-state index >= 15 is 0 Å². The Labute approximate surface area is 153 Å². The van der Waals surface area contributed by atoms with Gasteiger partial charge >= 0.3 is 0 Å². The first-order valence-electron chi connectivity index (χ1n) is 7.81. The van der Waals surface area contributed by atoms with Crippen LogP contribution in [0.4, 0.5) is 10.1 Å². The molecule has 2 aromatic carbocycles. The Morgan fingerprint density at radius 2 is 1.96 bits per heavy atom. The fraction of sp³-hybridized carbons (Fsp3) is 0.278. The van der Waals surface area contributed by atoms with E-state index in [4.69, 9.17) is 11.6 Å². The van der Waals surface area contributed by atoms with Gasteiger partial charge in [-0.05, 0) is 43.2 Å². The van der Waals surface area contributed by atoms with Gasteiger partial charge < -0.3 is 10.2 Å². The van der Waals surface area contributed by atoms with Crippen molar-refractivity contribution in [3.8, 4) is 0 Å². The molecule has 0 bridgehead atoms. The highest BCUT2D eigenvalue weighted by atomic mass is 79.9. The predicted octanol–water partition coefficient (Wildman–Crippen LogP) is 5.09. The molecule has 1 amide bonds. The van der Waals surface area contributed by atoms with Gasteiger partial charge in [0.15, 0.2) is 0 Å². The molecule has 1 N–H and O–H groups in total. The fourth-order valence-electron chi connectivity index (χ4n) is 2.79. The second kappa shape index (κ2) is 7.53. The van der Waals surface area contributed by atoms with Crippen LogP contribution in [0.25, 0.3) is 0 Å². The number of hydrogen-bond acceptors (Lipinski definition) is 2.